The highest BCUT2D eigenvalue weighted by Crippen LogP contribution is 2.21. The Morgan fingerprint density at radius 3 is 3.00 bits per heavy atom. The van der Waals surface area contributed by atoms with Crippen LogP contribution in [-0.2, 0) is 6.42 Å². The average Bonchev–Trinajstić information content (AvgIpc) is 2.94. The van der Waals surface area contributed by atoms with Crippen LogP contribution in [0.2, 0.25) is 0 Å². The van der Waals surface area contributed by atoms with Gasteiger partial charge in [-0.25, -0.2) is 9.97 Å². The average molecular weight is 241 g/mol. The number of fused-ring (bicyclic) bond motifs is 1. The van der Waals surface area contributed by atoms with Crippen LogP contribution in [0.4, 0.5) is 0 Å². The van der Waals surface area contributed by atoms with E-state index in [1.165, 1.54) is 17.9 Å². The number of nitriles is 1. The standard InChI is InChI=1S/C11H7N5S/c12-6-5-10-15-8-3-1-2-4-9(8)16(10)11-13-7-14-17-11/h1-4,7H,5H2. The molecule has 0 fully saturated rings. The molecule has 6 heteroatoms. The van der Waals surface area contributed by atoms with Crippen molar-refractivity contribution in [1.82, 2.24) is 18.9 Å². The summed E-state index contributed by atoms with van der Waals surface area (Å²) in [4.78, 5) is 8.61. The largest absolute Gasteiger partial charge is 0.269 e. The van der Waals surface area contributed by atoms with Crippen LogP contribution in [0.1, 0.15) is 5.82 Å². The molecule has 3 rings (SSSR count). The Morgan fingerprint density at radius 1 is 1.35 bits per heavy atom. The van der Waals surface area contributed by atoms with Gasteiger partial charge in [-0.2, -0.15) is 9.64 Å². The van der Waals surface area contributed by atoms with E-state index in [1.54, 1.807) is 0 Å². The first-order valence-electron chi connectivity index (χ1n) is 5.00. The van der Waals surface area contributed by atoms with Gasteiger partial charge in [0.2, 0.25) is 5.13 Å². The Morgan fingerprint density at radius 2 is 2.24 bits per heavy atom. The Labute approximate surface area is 101 Å². The van der Waals surface area contributed by atoms with Crippen molar-refractivity contribution < 1.29 is 0 Å². The molecule has 0 aliphatic carbocycles. The molecular formula is C11H7N5S. The van der Waals surface area contributed by atoms with Gasteiger partial charge < -0.3 is 0 Å². The zero-order valence-corrected chi connectivity index (χ0v) is 9.55. The SMILES string of the molecule is N#CCc1nc2ccccc2n1-c1ncns1. The highest BCUT2D eigenvalue weighted by Gasteiger charge is 2.13. The maximum Gasteiger partial charge on any atom is 0.215 e. The first-order chi connectivity index (χ1) is 8.40. The maximum atomic E-state index is 8.83. The number of aromatic nitrogens is 4. The highest BCUT2D eigenvalue weighted by atomic mass is 32.1. The molecular weight excluding hydrogens is 234 g/mol. The molecule has 0 amide bonds. The van der Waals surface area contributed by atoms with E-state index in [0.29, 0.717) is 5.82 Å². The van der Waals surface area contributed by atoms with Gasteiger partial charge in [0.15, 0.2) is 0 Å². The zero-order valence-electron chi connectivity index (χ0n) is 8.74. The summed E-state index contributed by atoms with van der Waals surface area (Å²) < 4.78 is 5.87. The lowest BCUT2D eigenvalue weighted by Gasteiger charge is -2.01. The van der Waals surface area contributed by atoms with Crippen molar-refractivity contribution in [3.8, 4) is 11.2 Å². The molecule has 0 aliphatic rings. The molecule has 0 saturated heterocycles. The summed E-state index contributed by atoms with van der Waals surface area (Å²) in [6.45, 7) is 0. The van der Waals surface area contributed by atoms with Gasteiger partial charge in [-0.05, 0) is 12.1 Å². The van der Waals surface area contributed by atoms with Crippen molar-refractivity contribution in [3.63, 3.8) is 0 Å². The molecule has 0 saturated carbocycles. The smallest absolute Gasteiger partial charge is 0.215 e. The summed E-state index contributed by atoms with van der Waals surface area (Å²) >= 11 is 1.29. The lowest BCUT2D eigenvalue weighted by atomic mass is 10.3. The lowest BCUT2D eigenvalue weighted by molar-refractivity contribution is 0.943. The van der Waals surface area contributed by atoms with Gasteiger partial charge in [-0.1, -0.05) is 12.1 Å². The van der Waals surface area contributed by atoms with Gasteiger partial charge in [0.25, 0.3) is 0 Å². The summed E-state index contributed by atoms with van der Waals surface area (Å²) in [6.07, 6.45) is 1.76. The van der Waals surface area contributed by atoms with Crippen molar-refractivity contribution in [2.75, 3.05) is 0 Å². The van der Waals surface area contributed by atoms with E-state index in [4.69, 9.17) is 5.26 Å². The molecule has 0 N–H and O–H groups in total. The zero-order chi connectivity index (χ0) is 11.7. The third kappa shape index (κ3) is 1.57. The number of benzene rings is 1. The second-order valence-electron chi connectivity index (χ2n) is 3.41. The molecule has 0 atom stereocenters. The van der Waals surface area contributed by atoms with E-state index in [1.807, 2.05) is 28.8 Å². The number of hydrogen-bond acceptors (Lipinski definition) is 5. The Kier molecular flexibility index (Phi) is 2.31. The Hall–Kier alpha value is -2.26. The molecule has 0 bridgehead atoms. The molecule has 0 unspecified atom stereocenters. The molecule has 17 heavy (non-hydrogen) atoms. The van der Waals surface area contributed by atoms with Gasteiger partial charge in [0, 0.05) is 11.5 Å². The predicted octanol–water partition coefficient (Wildman–Crippen LogP) is 1.94. The van der Waals surface area contributed by atoms with Gasteiger partial charge in [0.1, 0.15) is 12.2 Å². The second kappa shape index (κ2) is 3.96. The molecule has 3 aromatic rings. The topological polar surface area (TPSA) is 67.4 Å². The van der Waals surface area contributed by atoms with Crippen molar-refractivity contribution >= 4 is 22.6 Å². The summed E-state index contributed by atoms with van der Waals surface area (Å²) in [7, 11) is 0. The molecule has 0 radical (unpaired) electrons. The van der Waals surface area contributed by atoms with E-state index in [-0.39, 0.29) is 6.42 Å². The maximum absolute atomic E-state index is 8.83. The minimum atomic E-state index is 0.258. The number of nitrogens with zero attached hydrogens (tertiary/aromatic N) is 5. The van der Waals surface area contributed by atoms with Crippen molar-refractivity contribution in [1.29, 1.82) is 5.26 Å². The molecule has 0 spiro atoms. The molecule has 2 heterocycles. The summed E-state index contributed by atoms with van der Waals surface area (Å²) in [6, 6.07) is 9.88. The van der Waals surface area contributed by atoms with Crippen LogP contribution >= 0.6 is 11.5 Å². The molecule has 2 aromatic heterocycles. The third-order valence-corrected chi connectivity index (χ3v) is 3.06. The van der Waals surface area contributed by atoms with Crippen LogP contribution in [0.25, 0.3) is 16.2 Å². The van der Waals surface area contributed by atoms with Gasteiger partial charge in [0.05, 0.1) is 23.5 Å². The van der Waals surface area contributed by atoms with Crippen LogP contribution in [0.3, 0.4) is 0 Å². The normalized spacial score (nSPS) is 10.5. The van der Waals surface area contributed by atoms with E-state index in [2.05, 4.69) is 20.4 Å². The quantitative estimate of drug-likeness (QED) is 0.687. The van der Waals surface area contributed by atoms with Gasteiger partial charge in [-0.15, -0.1) is 0 Å². The second-order valence-corrected chi connectivity index (χ2v) is 4.17. The van der Waals surface area contributed by atoms with Crippen LogP contribution < -0.4 is 0 Å². The number of imidazole rings is 1. The Bertz CT molecular complexity index is 692. The lowest BCUT2D eigenvalue weighted by Crippen LogP contribution is -1.99. The summed E-state index contributed by atoms with van der Waals surface area (Å²) in [5.41, 5.74) is 1.82. The molecule has 0 aliphatic heterocycles. The number of hydrogen-bond donors (Lipinski definition) is 0. The van der Waals surface area contributed by atoms with Gasteiger partial charge >= 0.3 is 0 Å². The van der Waals surface area contributed by atoms with Crippen LogP contribution in [0.15, 0.2) is 30.6 Å². The minimum Gasteiger partial charge on any atom is -0.269 e. The monoisotopic (exact) mass is 241 g/mol. The molecule has 5 nitrogen and oxygen atoms in total. The van der Waals surface area contributed by atoms with E-state index in [9.17, 15) is 0 Å². The van der Waals surface area contributed by atoms with E-state index in [0.717, 1.165) is 16.2 Å². The third-order valence-electron chi connectivity index (χ3n) is 2.41. The fourth-order valence-electron chi connectivity index (χ4n) is 1.74. The van der Waals surface area contributed by atoms with Crippen LogP contribution in [0.5, 0.6) is 0 Å². The molecule has 82 valence electrons. The van der Waals surface area contributed by atoms with E-state index >= 15 is 0 Å². The first kappa shape index (κ1) is 9.93. The fraction of sp³-hybridized carbons (Fsp3) is 0.0909. The Balaban J connectivity index is 2.33. The number of rotatable bonds is 2. The highest BCUT2D eigenvalue weighted by molar-refractivity contribution is 7.08. The summed E-state index contributed by atoms with van der Waals surface area (Å²) in [5.74, 6) is 0.699. The van der Waals surface area contributed by atoms with Crippen molar-refractivity contribution in [3.05, 3.63) is 36.4 Å². The van der Waals surface area contributed by atoms with Crippen molar-refractivity contribution in [2.45, 2.75) is 6.42 Å². The van der Waals surface area contributed by atoms with Crippen molar-refractivity contribution in [2.24, 2.45) is 0 Å². The van der Waals surface area contributed by atoms with Crippen LogP contribution in [0, 0.1) is 11.3 Å². The first-order valence-corrected chi connectivity index (χ1v) is 5.78. The predicted molar refractivity (Wildman–Crippen MR) is 63.9 cm³/mol. The molecule has 1 aromatic carbocycles. The fourth-order valence-corrected chi connectivity index (χ4v) is 2.31. The van der Waals surface area contributed by atoms with E-state index < -0.39 is 0 Å². The number of para-hydroxylation sites is 2. The van der Waals surface area contributed by atoms with Gasteiger partial charge in [-0.3, -0.25) is 4.57 Å². The minimum absolute atomic E-state index is 0.258. The van der Waals surface area contributed by atoms with Crippen LogP contribution in [-0.4, -0.2) is 18.9 Å². The summed E-state index contributed by atoms with van der Waals surface area (Å²) in [5, 5.41) is 9.57.